The van der Waals surface area contributed by atoms with Crippen LogP contribution in [0.4, 0.5) is 14.7 Å². The van der Waals surface area contributed by atoms with Crippen LogP contribution in [0.1, 0.15) is 32.7 Å². The average molecular weight is 281 g/mol. The van der Waals surface area contributed by atoms with Crippen LogP contribution in [-0.2, 0) is 4.74 Å². The first-order chi connectivity index (χ1) is 9.37. The van der Waals surface area contributed by atoms with Gasteiger partial charge in [-0.15, -0.1) is 0 Å². The second kappa shape index (κ2) is 4.41. The lowest BCUT2D eigenvalue weighted by Crippen LogP contribution is -2.35. The molecule has 0 amide bonds. The van der Waals surface area contributed by atoms with Gasteiger partial charge in [-0.3, -0.25) is 0 Å². The number of halogens is 2. The smallest absolute Gasteiger partial charge is 0.201 e. The molecule has 0 aliphatic carbocycles. The van der Waals surface area contributed by atoms with Crippen LogP contribution < -0.4 is 5.73 Å². The molecule has 1 atom stereocenters. The molecule has 0 spiro atoms. The van der Waals surface area contributed by atoms with Crippen molar-refractivity contribution >= 4 is 17.0 Å². The number of imidazole rings is 1. The van der Waals surface area contributed by atoms with Crippen LogP contribution >= 0.6 is 0 Å². The first-order valence-electron chi connectivity index (χ1n) is 6.64. The van der Waals surface area contributed by atoms with E-state index in [1.165, 1.54) is 6.07 Å². The van der Waals surface area contributed by atoms with Crippen LogP contribution in [0.5, 0.6) is 0 Å². The molecule has 1 aliphatic rings. The number of aromatic nitrogens is 2. The Kier molecular flexibility index (Phi) is 2.93. The minimum atomic E-state index is -0.684. The van der Waals surface area contributed by atoms with Gasteiger partial charge in [0.25, 0.3) is 0 Å². The highest BCUT2D eigenvalue weighted by Gasteiger charge is 2.32. The average Bonchev–Trinajstić information content (AvgIpc) is 2.64. The Morgan fingerprint density at radius 1 is 1.40 bits per heavy atom. The van der Waals surface area contributed by atoms with Crippen molar-refractivity contribution in [2.75, 3.05) is 12.3 Å². The quantitative estimate of drug-likeness (QED) is 0.874. The van der Waals surface area contributed by atoms with E-state index in [-0.39, 0.29) is 23.1 Å². The molecule has 0 saturated carbocycles. The maximum atomic E-state index is 13.8. The van der Waals surface area contributed by atoms with Gasteiger partial charge in [-0.05, 0) is 26.7 Å². The van der Waals surface area contributed by atoms with Gasteiger partial charge in [0.1, 0.15) is 11.3 Å². The van der Waals surface area contributed by atoms with Crippen molar-refractivity contribution in [3.8, 4) is 0 Å². The van der Waals surface area contributed by atoms with Crippen LogP contribution in [0, 0.1) is 11.6 Å². The number of hydrogen-bond acceptors (Lipinski definition) is 3. The minimum absolute atomic E-state index is 0.0324. The molecule has 2 N–H and O–H groups in total. The number of benzene rings is 1. The zero-order valence-corrected chi connectivity index (χ0v) is 11.5. The summed E-state index contributed by atoms with van der Waals surface area (Å²) >= 11 is 0. The molecular formula is C14H17F2N3O. The number of nitrogens with two attached hydrogens (primary N) is 1. The van der Waals surface area contributed by atoms with Crippen LogP contribution in [0.2, 0.25) is 0 Å². The molecule has 6 heteroatoms. The third-order valence-electron chi connectivity index (χ3n) is 3.78. The van der Waals surface area contributed by atoms with Crippen molar-refractivity contribution in [3.05, 3.63) is 23.8 Å². The topological polar surface area (TPSA) is 53.1 Å². The Balaban J connectivity index is 2.13. The monoisotopic (exact) mass is 281 g/mol. The van der Waals surface area contributed by atoms with Gasteiger partial charge >= 0.3 is 0 Å². The highest BCUT2D eigenvalue weighted by atomic mass is 19.1. The molecule has 108 valence electrons. The summed E-state index contributed by atoms with van der Waals surface area (Å²) in [6, 6.07) is 2.14. The van der Waals surface area contributed by atoms with Gasteiger partial charge in [0.2, 0.25) is 5.95 Å². The fourth-order valence-electron chi connectivity index (χ4n) is 2.94. The summed E-state index contributed by atoms with van der Waals surface area (Å²) in [6.45, 7) is 4.58. The van der Waals surface area contributed by atoms with Crippen molar-refractivity contribution in [2.45, 2.75) is 38.3 Å². The Labute approximate surface area is 115 Å². The van der Waals surface area contributed by atoms with Gasteiger partial charge in [-0.1, -0.05) is 0 Å². The Bertz CT molecular complexity index is 666. The standard InChI is InChI=1S/C14H17F2N3O/c1-14(2)7-9(3-4-20-14)19-11-6-8(15)5-10(16)12(11)18-13(19)17/h5-6,9H,3-4,7H2,1-2H3,(H2,17,18). The third kappa shape index (κ3) is 2.14. The van der Waals surface area contributed by atoms with Gasteiger partial charge in [0.15, 0.2) is 5.82 Å². The number of hydrogen-bond donors (Lipinski definition) is 1. The molecule has 1 unspecified atom stereocenters. The second-order valence-corrected chi connectivity index (χ2v) is 5.85. The van der Waals surface area contributed by atoms with Crippen molar-refractivity contribution in [1.29, 1.82) is 0 Å². The van der Waals surface area contributed by atoms with E-state index in [0.717, 1.165) is 18.9 Å². The van der Waals surface area contributed by atoms with E-state index in [2.05, 4.69) is 4.98 Å². The van der Waals surface area contributed by atoms with Crippen molar-refractivity contribution in [3.63, 3.8) is 0 Å². The largest absolute Gasteiger partial charge is 0.375 e. The molecule has 3 rings (SSSR count). The number of ether oxygens (including phenoxy) is 1. The van der Waals surface area contributed by atoms with Crippen LogP contribution in [0.3, 0.4) is 0 Å². The summed E-state index contributed by atoms with van der Waals surface area (Å²) in [6.07, 6.45) is 1.47. The number of anilines is 1. The second-order valence-electron chi connectivity index (χ2n) is 5.85. The van der Waals surface area contributed by atoms with E-state index in [0.29, 0.717) is 12.1 Å². The first kappa shape index (κ1) is 13.3. The zero-order chi connectivity index (χ0) is 14.5. The third-order valence-corrected chi connectivity index (χ3v) is 3.78. The maximum Gasteiger partial charge on any atom is 0.201 e. The molecule has 2 heterocycles. The van der Waals surface area contributed by atoms with Gasteiger partial charge in [-0.2, -0.15) is 0 Å². The molecule has 1 aliphatic heterocycles. The predicted molar refractivity (Wildman–Crippen MR) is 72.4 cm³/mol. The lowest BCUT2D eigenvalue weighted by atomic mass is 9.93. The lowest BCUT2D eigenvalue weighted by Gasteiger charge is -2.36. The fourth-order valence-corrected chi connectivity index (χ4v) is 2.94. The van der Waals surface area contributed by atoms with Crippen molar-refractivity contribution in [2.24, 2.45) is 0 Å². The molecule has 1 fully saturated rings. The molecule has 0 bridgehead atoms. The van der Waals surface area contributed by atoms with E-state index in [4.69, 9.17) is 10.5 Å². The number of nitrogen functional groups attached to an aromatic ring is 1. The summed E-state index contributed by atoms with van der Waals surface area (Å²) < 4.78 is 34.6. The number of rotatable bonds is 1. The summed E-state index contributed by atoms with van der Waals surface area (Å²) in [7, 11) is 0. The first-order valence-corrected chi connectivity index (χ1v) is 6.64. The SMILES string of the molecule is CC1(C)CC(n2c(N)nc3c(F)cc(F)cc32)CCO1. The molecular weight excluding hydrogens is 264 g/mol. The van der Waals surface area contributed by atoms with Crippen molar-refractivity contribution in [1.82, 2.24) is 9.55 Å². The van der Waals surface area contributed by atoms with Crippen molar-refractivity contribution < 1.29 is 13.5 Å². The van der Waals surface area contributed by atoms with Gasteiger partial charge in [-0.25, -0.2) is 13.8 Å². The van der Waals surface area contributed by atoms with E-state index in [9.17, 15) is 8.78 Å². The number of fused-ring (bicyclic) bond motifs is 1. The van der Waals surface area contributed by atoms with Gasteiger partial charge in [0, 0.05) is 24.8 Å². The Hall–Kier alpha value is -1.69. The highest BCUT2D eigenvalue weighted by Crippen LogP contribution is 2.36. The molecule has 1 aromatic carbocycles. The summed E-state index contributed by atoms with van der Waals surface area (Å²) in [5.74, 6) is -1.09. The molecule has 0 radical (unpaired) electrons. The van der Waals surface area contributed by atoms with Crippen LogP contribution in [0.15, 0.2) is 12.1 Å². The van der Waals surface area contributed by atoms with Gasteiger partial charge in [0.05, 0.1) is 11.1 Å². The summed E-state index contributed by atoms with van der Waals surface area (Å²) in [4.78, 5) is 4.03. The van der Waals surface area contributed by atoms with Crippen LogP contribution in [0.25, 0.3) is 11.0 Å². The molecule has 1 saturated heterocycles. The number of nitrogens with zero attached hydrogens (tertiary/aromatic N) is 2. The summed E-state index contributed by atoms with van der Waals surface area (Å²) in [5.41, 5.74) is 6.16. The molecule has 2 aromatic rings. The van der Waals surface area contributed by atoms with E-state index < -0.39 is 11.6 Å². The van der Waals surface area contributed by atoms with Crippen LogP contribution in [-0.4, -0.2) is 21.8 Å². The molecule has 20 heavy (non-hydrogen) atoms. The minimum Gasteiger partial charge on any atom is -0.375 e. The Morgan fingerprint density at radius 3 is 2.85 bits per heavy atom. The molecule has 4 nitrogen and oxygen atoms in total. The highest BCUT2D eigenvalue weighted by molar-refractivity contribution is 5.79. The Morgan fingerprint density at radius 2 is 2.15 bits per heavy atom. The maximum absolute atomic E-state index is 13.8. The van der Waals surface area contributed by atoms with E-state index in [1.54, 1.807) is 4.57 Å². The fraction of sp³-hybridized carbons (Fsp3) is 0.500. The predicted octanol–water partition coefficient (Wildman–Crippen LogP) is 3.03. The van der Waals surface area contributed by atoms with Gasteiger partial charge < -0.3 is 15.0 Å². The molecule has 1 aromatic heterocycles. The zero-order valence-electron chi connectivity index (χ0n) is 11.5. The summed E-state index contributed by atoms with van der Waals surface area (Å²) in [5, 5.41) is 0. The van der Waals surface area contributed by atoms with E-state index >= 15 is 0 Å². The van der Waals surface area contributed by atoms with E-state index in [1.807, 2.05) is 13.8 Å². The normalized spacial score (nSPS) is 22.3. The lowest BCUT2D eigenvalue weighted by molar-refractivity contribution is -0.0682.